The van der Waals surface area contributed by atoms with Gasteiger partial charge in [-0.15, -0.1) is 0 Å². The molecule has 0 bridgehead atoms. The molecule has 156 valence electrons. The van der Waals surface area contributed by atoms with Gasteiger partial charge in [-0.2, -0.15) is 0 Å². The first-order chi connectivity index (χ1) is 14.9. The number of esters is 1. The van der Waals surface area contributed by atoms with Crippen LogP contribution in [-0.4, -0.2) is 23.8 Å². The van der Waals surface area contributed by atoms with E-state index in [1.165, 1.54) is 30.3 Å². The van der Waals surface area contributed by atoms with Gasteiger partial charge in [0.15, 0.2) is 5.78 Å². The van der Waals surface area contributed by atoms with Crippen LogP contribution in [0.25, 0.3) is 6.08 Å². The third kappa shape index (κ3) is 5.22. The first-order valence-corrected chi connectivity index (χ1v) is 9.32. The van der Waals surface area contributed by atoms with Crippen molar-refractivity contribution in [2.75, 3.05) is 7.11 Å². The van der Waals surface area contributed by atoms with Gasteiger partial charge >= 0.3 is 5.97 Å². The number of allylic oxidation sites excluding steroid dienone is 1. The minimum Gasteiger partial charge on any atom is -0.496 e. The molecule has 0 fully saturated rings. The Kier molecular flexibility index (Phi) is 6.57. The molecule has 0 saturated heterocycles. The van der Waals surface area contributed by atoms with Crippen molar-refractivity contribution < 1.29 is 24.0 Å². The van der Waals surface area contributed by atoms with E-state index < -0.39 is 10.9 Å². The van der Waals surface area contributed by atoms with Crippen LogP contribution in [0.2, 0.25) is 0 Å². The number of ketones is 1. The molecule has 3 rings (SSSR count). The highest BCUT2D eigenvalue weighted by molar-refractivity contribution is 6.09. The summed E-state index contributed by atoms with van der Waals surface area (Å²) in [4.78, 5) is 35.7. The number of ether oxygens (including phenoxy) is 2. The normalized spacial score (nSPS) is 10.6. The van der Waals surface area contributed by atoms with E-state index >= 15 is 0 Å². The fraction of sp³-hybridized carbons (Fsp3) is 0.0833. The molecule has 0 N–H and O–H groups in total. The van der Waals surface area contributed by atoms with E-state index in [0.717, 1.165) is 17.2 Å². The molecule has 0 amide bonds. The molecule has 0 radical (unpaired) electrons. The number of carbonyl (C=O) groups is 2. The lowest BCUT2D eigenvalue weighted by atomic mass is 10.0. The van der Waals surface area contributed by atoms with Gasteiger partial charge in [-0.25, -0.2) is 4.79 Å². The van der Waals surface area contributed by atoms with Crippen molar-refractivity contribution in [3.63, 3.8) is 0 Å². The Balaban J connectivity index is 1.87. The van der Waals surface area contributed by atoms with Crippen LogP contribution in [0.1, 0.15) is 31.8 Å². The highest BCUT2D eigenvalue weighted by atomic mass is 16.6. The van der Waals surface area contributed by atoms with Crippen LogP contribution in [0, 0.1) is 17.0 Å². The quantitative estimate of drug-likeness (QED) is 0.134. The van der Waals surface area contributed by atoms with E-state index in [4.69, 9.17) is 9.47 Å². The lowest BCUT2D eigenvalue weighted by molar-refractivity contribution is -0.384. The molecule has 0 saturated carbocycles. The van der Waals surface area contributed by atoms with Crippen LogP contribution in [0.15, 0.2) is 72.8 Å². The fourth-order valence-corrected chi connectivity index (χ4v) is 2.89. The number of carbonyl (C=O) groups excluding carboxylic acids is 2. The van der Waals surface area contributed by atoms with Crippen LogP contribution < -0.4 is 9.47 Å². The number of non-ortho nitro benzene ring substituents is 1. The molecule has 31 heavy (non-hydrogen) atoms. The number of nitrogens with zero attached hydrogens (tertiary/aromatic N) is 1. The fourth-order valence-electron chi connectivity index (χ4n) is 2.89. The van der Waals surface area contributed by atoms with Crippen molar-refractivity contribution in [3.8, 4) is 11.5 Å². The van der Waals surface area contributed by atoms with Gasteiger partial charge in [-0.3, -0.25) is 14.9 Å². The Bertz CT molecular complexity index is 1180. The topological polar surface area (TPSA) is 95.7 Å². The average Bonchev–Trinajstić information content (AvgIpc) is 2.78. The molecule has 0 atom stereocenters. The van der Waals surface area contributed by atoms with Gasteiger partial charge < -0.3 is 9.47 Å². The third-order valence-corrected chi connectivity index (χ3v) is 4.45. The third-order valence-electron chi connectivity index (χ3n) is 4.45. The average molecular weight is 417 g/mol. The number of rotatable bonds is 7. The molecule has 3 aromatic rings. The molecular weight excluding hydrogens is 398 g/mol. The lowest BCUT2D eigenvalue weighted by Gasteiger charge is -2.09. The van der Waals surface area contributed by atoms with E-state index in [-0.39, 0.29) is 28.3 Å². The van der Waals surface area contributed by atoms with Crippen LogP contribution in [0.4, 0.5) is 5.69 Å². The van der Waals surface area contributed by atoms with Crippen molar-refractivity contribution in [3.05, 3.63) is 105 Å². The highest BCUT2D eigenvalue weighted by Gasteiger charge is 2.17. The largest absolute Gasteiger partial charge is 0.496 e. The molecule has 0 aliphatic carbocycles. The van der Waals surface area contributed by atoms with Crippen molar-refractivity contribution >= 4 is 23.5 Å². The maximum Gasteiger partial charge on any atom is 0.343 e. The lowest BCUT2D eigenvalue weighted by Crippen LogP contribution is -2.11. The standard InChI is InChI=1S/C24H19NO6/c1-16-10-13-23(31-24(27)18-7-5-8-19(15-18)25(28)29)20(14-16)21(26)12-11-17-6-3-4-9-22(17)30-2/h3-15H,1-2H3/b12-11+. The van der Waals surface area contributed by atoms with E-state index in [1.807, 2.05) is 25.1 Å². The number of hydrogen-bond acceptors (Lipinski definition) is 6. The molecule has 7 nitrogen and oxygen atoms in total. The predicted molar refractivity (Wildman–Crippen MR) is 116 cm³/mol. The van der Waals surface area contributed by atoms with Crippen molar-refractivity contribution in [2.45, 2.75) is 6.92 Å². The highest BCUT2D eigenvalue weighted by Crippen LogP contribution is 2.25. The summed E-state index contributed by atoms with van der Waals surface area (Å²) in [7, 11) is 1.54. The molecule has 0 unspecified atom stereocenters. The van der Waals surface area contributed by atoms with Crippen LogP contribution in [0.5, 0.6) is 11.5 Å². The maximum atomic E-state index is 12.8. The smallest absolute Gasteiger partial charge is 0.343 e. The first kappa shape index (κ1) is 21.4. The number of para-hydroxylation sites is 1. The minimum atomic E-state index is -0.796. The van der Waals surface area contributed by atoms with E-state index in [1.54, 1.807) is 31.4 Å². The summed E-state index contributed by atoms with van der Waals surface area (Å²) in [5.41, 5.74) is 1.52. The Hall–Kier alpha value is -4.26. The summed E-state index contributed by atoms with van der Waals surface area (Å²) in [6, 6.07) is 17.3. The van der Waals surface area contributed by atoms with Gasteiger partial charge in [0.2, 0.25) is 0 Å². The number of nitro groups is 1. The summed E-state index contributed by atoms with van der Waals surface area (Å²) in [6.45, 7) is 1.81. The van der Waals surface area contributed by atoms with Crippen molar-refractivity contribution in [1.29, 1.82) is 0 Å². The number of benzene rings is 3. The van der Waals surface area contributed by atoms with Crippen LogP contribution >= 0.6 is 0 Å². The second-order valence-electron chi connectivity index (χ2n) is 6.64. The van der Waals surface area contributed by atoms with E-state index in [2.05, 4.69) is 0 Å². The van der Waals surface area contributed by atoms with Gasteiger partial charge in [0.05, 0.1) is 23.2 Å². The molecule has 3 aromatic carbocycles. The Morgan fingerprint density at radius 2 is 1.74 bits per heavy atom. The second-order valence-corrected chi connectivity index (χ2v) is 6.64. The van der Waals surface area contributed by atoms with Gasteiger partial charge in [0.25, 0.3) is 5.69 Å². The second kappa shape index (κ2) is 9.49. The molecule has 0 aliphatic heterocycles. The molecular formula is C24H19NO6. The summed E-state index contributed by atoms with van der Waals surface area (Å²) >= 11 is 0. The molecule has 0 spiro atoms. The van der Waals surface area contributed by atoms with E-state index in [0.29, 0.717) is 5.75 Å². The number of nitro benzene ring substituents is 1. The summed E-state index contributed by atoms with van der Waals surface area (Å²) in [6.07, 6.45) is 2.99. The zero-order valence-electron chi connectivity index (χ0n) is 16.9. The minimum absolute atomic E-state index is 0.0118. The summed E-state index contributed by atoms with van der Waals surface area (Å²) in [5, 5.41) is 10.9. The van der Waals surface area contributed by atoms with E-state index in [9.17, 15) is 19.7 Å². The summed E-state index contributed by atoms with van der Waals surface area (Å²) < 4.78 is 10.7. The van der Waals surface area contributed by atoms with Gasteiger partial charge in [-0.05, 0) is 43.3 Å². The predicted octanol–water partition coefficient (Wildman–Crippen LogP) is 5.03. The SMILES string of the molecule is COc1ccccc1/C=C/C(=O)c1cc(C)ccc1OC(=O)c1cccc([N+](=O)[O-])c1. The van der Waals surface area contributed by atoms with Gasteiger partial charge in [-0.1, -0.05) is 35.9 Å². The van der Waals surface area contributed by atoms with Crippen LogP contribution in [-0.2, 0) is 0 Å². The van der Waals surface area contributed by atoms with Crippen LogP contribution in [0.3, 0.4) is 0 Å². The molecule has 7 heteroatoms. The number of methoxy groups -OCH3 is 1. The number of aryl methyl sites for hydroxylation is 1. The van der Waals surface area contributed by atoms with Gasteiger partial charge in [0.1, 0.15) is 11.5 Å². The first-order valence-electron chi connectivity index (χ1n) is 9.32. The Labute approximate surface area is 178 Å². The summed E-state index contributed by atoms with van der Waals surface area (Å²) in [5.74, 6) is -0.475. The molecule has 0 aromatic heterocycles. The van der Waals surface area contributed by atoms with Crippen molar-refractivity contribution in [2.24, 2.45) is 0 Å². The number of hydrogen-bond donors (Lipinski definition) is 0. The van der Waals surface area contributed by atoms with Gasteiger partial charge in [0, 0.05) is 17.7 Å². The Morgan fingerprint density at radius 1 is 0.968 bits per heavy atom. The molecule has 0 aliphatic rings. The Morgan fingerprint density at radius 3 is 2.48 bits per heavy atom. The monoisotopic (exact) mass is 417 g/mol. The zero-order valence-corrected chi connectivity index (χ0v) is 16.9. The zero-order chi connectivity index (χ0) is 22.4. The molecule has 0 heterocycles. The maximum absolute atomic E-state index is 12.8. The van der Waals surface area contributed by atoms with Crippen molar-refractivity contribution in [1.82, 2.24) is 0 Å².